The molecule has 0 aliphatic rings. The highest BCUT2D eigenvalue weighted by molar-refractivity contribution is 5.71. The third-order valence-corrected chi connectivity index (χ3v) is 16.5. The van der Waals surface area contributed by atoms with Gasteiger partial charge in [-0.05, 0) is 77.0 Å². The molecule has 0 amide bonds. The third kappa shape index (κ3) is 68.2. The summed E-state index contributed by atoms with van der Waals surface area (Å²) in [4.78, 5) is 38.4. The molecule has 6 nitrogen and oxygen atoms in total. The van der Waals surface area contributed by atoms with Gasteiger partial charge >= 0.3 is 17.9 Å². The van der Waals surface area contributed by atoms with Crippen molar-refractivity contribution in [1.82, 2.24) is 0 Å². The molecular weight excluding hydrogens is 1010 g/mol. The molecule has 82 heavy (non-hydrogen) atoms. The predicted octanol–water partition coefficient (Wildman–Crippen LogP) is 25.3. The monoisotopic (exact) mass is 1150 g/mol. The Hall–Kier alpha value is -2.63. The highest BCUT2D eigenvalue weighted by Crippen LogP contribution is 2.19. The van der Waals surface area contributed by atoms with Crippen LogP contribution >= 0.6 is 0 Å². The number of ether oxygens (including phenoxy) is 3. The summed E-state index contributed by atoms with van der Waals surface area (Å²) >= 11 is 0. The third-order valence-electron chi connectivity index (χ3n) is 16.5. The summed E-state index contributed by atoms with van der Waals surface area (Å²) in [6.07, 6.45) is 90.2. The van der Waals surface area contributed by atoms with Gasteiger partial charge in [0.2, 0.25) is 0 Å². The maximum atomic E-state index is 12.9. The lowest BCUT2D eigenvalue weighted by molar-refractivity contribution is -0.167. The predicted molar refractivity (Wildman–Crippen MR) is 358 cm³/mol. The van der Waals surface area contributed by atoms with Crippen LogP contribution in [0.4, 0.5) is 0 Å². The average Bonchev–Trinajstić information content (AvgIpc) is 3.48. The minimum atomic E-state index is -0.774. The molecule has 0 heterocycles. The summed E-state index contributed by atoms with van der Waals surface area (Å²) in [7, 11) is 0. The van der Waals surface area contributed by atoms with Crippen molar-refractivity contribution in [3.05, 3.63) is 48.6 Å². The number of esters is 3. The van der Waals surface area contributed by atoms with Gasteiger partial charge in [0, 0.05) is 19.3 Å². The molecule has 0 aliphatic carbocycles. The van der Waals surface area contributed by atoms with Crippen molar-refractivity contribution in [2.75, 3.05) is 13.2 Å². The van der Waals surface area contributed by atoms with Crippen LogP contribution in [0.1, 0.15) is 400 Å². The van der Waals surface area contributed by atoms with Gasteiger partial charge in [0.1, 0.15) is 13.2 Å². The number of carbonyl (C=O) groups excluding carboxylic acids is 3. The molecule has 0 N–H and O–H groups in total. The standard InChI is InChI=1S/C76H140O6/c1-4-7-10-13-16-19-22-24-26-28-30-32-34-35-36-37-38-39-40-41-43-44-46-48-50-52-54-57-60-63-66-69-75(78)81-72-73(71-80-74(77)68-65-62-59-56-21-18-15-12-9-6-3)82-76(79)70-67-64-61-58-55-53-51-49-47-45-42-33-31-29-27-25-23-20-17-14-11-8-5-2/h12,15,22,24,28,30,34-35,73H,4-11,13-14,16-21,23,25-27,29,31-33,36-72H2,1-3H3/b15-12-,24-22-,30-28-,35-34-. The number of carbonyl (C=O) groups is 3. The van der Waals surface area contributed by atoms with Gasteiger partial charge in [-0.2, -0.15) is 0 Å². The maximum Gasteiger partial charge on any atom is 0.306 e. The summed E-state index contributed by atoms with van der Waals surface area (Å²) in [5, 5.41) is 0. The fourth-order valence-corrected chi connectivity index (χ4v) is 11.0. The zero-order chi connectivity index (χ0) is 59.2. The summed E-state index contributed by atoms with van der Waals surface area (Å²) in [6.45, 7) is 6.63. The van der Waals surface area contributed by atoms with Crippen molar-refractivity contribution in [2.45, 2.75) is 406 Å². The van der Waals surface area contributed by atoms with Crippen molar-refractivity contribution < 1.29 is 28.6 Å². The molecule has 0 saturated heterocycles. The highest BCUT2D eigenvalue weighted by atomic mass is 16.6. The lowest BCUT2D eigenvalue weighted by Crippen LogP contribution is -2.30. The molecule has 1 atom stereocenters. The highest BCUT2D eigenvalue weighted by Gasteiger charge is 2.19. The quantitative estimate of drug-likeness (QED) is 0.0261. The second-order valence-corrected chi connectivity index (χ2v) is 24.9. The lowest BCUT2D eigenvalue weighted by Gasteiger charge is -2.18. The van der Waals surface area contributed by atoms with E-state index in [4.69, 9.17) is 14.2 Å². The van der Waals surface area contributed by atoms with E-state index in [9.17, 15) is 14.4 Å². The fourth-order valence-electron chi connectivity index (χ4n) is 11.0. The van der Waals surface area contributed by atoms with Gasteiger partial charge in [0.25, 0.3) is 0 Å². The summed E-state index contributed by atoms with van der Waals surface area (Å²) < 4.78 is 17.0. The number of hydrogen-bond donors (Lipinski definition) is 0. The number of hydrogen-bond acceptors (Lipinski definition) is 6. The van der Waals surface area contributed by atoms with Crippen LogP contribution < -0.4 is 0 Å². The first kappa shape index (κ1) is 79.4. The maximum absolute atomic E-state index is 12.9. The van der Waals surface area contributed by atoms with Gasteiger partial charge in [-0.25, -0.2) is 0 Å². The van der Waals surface area contributed by atoms with Crippen LogP contribution in [0, 0.1) is 0 Å². The summed E-state index contributed by atoms with van der Waals surface area (Å²) in [5.41, 5.74) is 0. The van der Waals surface area contributed by atoms with E-state index in [2.05, 4.69) is 69.4 Å². The van der Waals surface area contributed by atoms with Crippen LogP contribution in [0.5, 0.6) is 0 Å². The van der Waals surface area contributed by atoms with Crippen molar-refractivity contribution in [1.29, 1.82) is 0 Å². The van der Waals surface area contributed by atoms with Crippen molar-refractivity contribution >= 4 is 17.9 Å². The molecule has 480 valence electrons. The summed E-state index contributed by atoms with van der Waals surface area (Å²) in [5.74, 6) is -0.855. The van der Waals surface area contributed by atoms with Crippen LogP contribution in [0.2, 0.25) is 0 Å². The molecule has 0 spiro atoms. The van der Waals surface area contributed by atoms with Crippen molar-refractivity contribution in [3.8, 4) is 0 Å². The molecule has 0 aromatic heterocycles. The minimum absolute atomic E-state index is 0.0707. The largest absolute Gasteiger partial charge is 0.462 e. The van der Waals surface area contributed by atoms with E-state index in [1.165, 1.54) is 276 Å². The first-order valence-electron chi connectivity index (χ1n) is 36.6. The van der Waals surface area contributed by atoms with Crippen molar-refractivity contribution in [2.24, 2.45) is 0 Å². The van der Waals surface area contributed by atoms with E-state index in [0.29, 0.717) is 19.3 Å². The lowest BCUT2D eigenvalue weighted by atomic mass is 10.0. The van der Waals surface area contributed by atoms with Gasteiger partial charge in [0.15, 0.2) is 6.10 Å². The van der Waals surface area contributed by atoms with Gasteiger partial charge in [-0.15, -0.1) is 0 Å². The van der Waals surface area contributed by atoms with Crippen LogP contribution in [0.3, 0.4) is 0 Å². The second kappa shape index (κ2) is 70.9. The summed E-state index contributed by atoms with van der Waals surface area (Å²) in [6, 6.07) is 0. The fraction of sp³-hybridized carbons (Fsp3) is 0.855. The Labute approximate surface area is 511 Å². The van der Waals surface area contributed by atoms with Crippen LogP contribution in [0.15, 0.2) is 48.6 Å². The Balaban J connectivity index is 4.10. The van der Waals surface area contributed by atoms with Crippen LogP contribution in [-0.4, -0.2) is 37.2 Å². The van der Waals surface area contributed by atoms with Gasteiger partial charge < -0.3 is 14.2 Å². The molecule has 0 saturated carbocycles. The molecule has 6 heteroatoms. The molecular formula is C76H140O6. The van der Waals surface area contributed by atoms with E-state index in [-0.39, 0.29) is 31.1 Å². The number of allylic oxidation sites excluding steroid dienone is 8. The molecule has 1 unspecified atom stereocenters. The Bertz CT molecular complexity index is 1410. The molecule has 0 fully saturated rings. The van der Waals surface area contributed by atoms with Gasteiger partial charge in [-0.1, -0.05) is 352 Å². The molecule has 0 aromatic carbocycles. The average molecular weight is 1150 g/mol. The van der Waals surface area contributed by atoms with E-state index >= 15 is 0 Å². The Morgan fingerprint density at radius 3 is 0.744 bits per heavy atom. The topological polar surface area (TPSA) is 78.9 Å². The van der Waals surface area contributed by atoms with E-state index < -0.39 is 6.10 Å². The van der Waals surface area contributed by atoms with E-state index in [0.717, 1.165) is 83.5 Å². The zero-order valence-corrected chi connectivity index (χ0v) is 55.3. The normalized spacial score (nSPS) is 12.3. The molecule has 0 aliphatic heterocycles. The van der Waals surface area contributed by atoms with Crippen LogP contribution in [-0.2, 0) is 28.6 Å². The van der Waals surface area contributed by atoms with Gasteiger partial charge in [-0.3, -0.25) is 14.4 Å². The molecule has 0 radical (unpaired) electrons. The van der Waals surface area contributed by atoms with Crippen LogP contribution in [0.25, 0.3) is 0 Å². The second-order valence-electron chi connectivity index (χ2n) is 24.9. The number of unbranched alkanes of at least 4 members (excludes halogenated alkanes) is 49. The molecule has 0 rings (SSSR count). The molecule has 0 aromatic rings. The van der Waals surface area contributed by atoms with E-state index in [1.54, 1.807) is 0 Å². The first-order chi connectivity index (χ1) is 40.5. The smallest absolute Gasteiger partial charge is 0.306 e. The first-order valence-corrected chi connectivity index (χ1v) is 36.6. The van der Waals surface area contributed by atoms with Crippen molar-refractivity contribution in [3.63, 3.8) is 0 Å². The number of rotatable bonds is 68. The van der Waals surface area contributed by atoms with Gasteiger partial charge in [0.05, 0.1) is 0 Å². The Morgan fingerprint density at radius 1 is 0.244 bits per heavy atom. The Kier molecular flexibility index (Phi) is 68.6. The SMILES string of the molecule is CCC/C=C\CCCCCCCC(=O)OCC(COC(=O)CCCCCCCCCCCCCCCCCC/C=C\C/C=C\C/C=C\CCCCCCC)OC(=O)CCCCCCCCCCCCCCCCCCCCCCCCC. The molecule has 0 bridgehead atoms. The minimum Gasteiger partial charge on any atom is -0.462 e. The Morgan fingerprint density at radius 2 is 0.463 bits per heavy atom. The van der Waals surface area contributed by atoms with E-state index in [1.807, 2.05) is 0 Å². The zero-order valence-electron chi connectivity index (χ0n) is 55.3.